The Balaban J connectivity index is 2.44. The lowest BCUT2D eigenvalue weighted by Gasteiger charge is -2.10. The van der Waals surface area contributed by atoms with E-state index in [2.05, 4.69) is 4.98 Å². The minimum absolute atomic E-state index is 0.0258. The standard InChI is InChI=1S/C13H10ClFN2OS/c14-10-3-4-11(9(6-16)12(10)15)19-13-8(7-18)2-1-5-17-13/h1-5,7H,6,16H2. The van der Waals surface area contributed by atoms with E-state index in [0.717, 1.165) is 0 Å². The van der Waals surface area contributed by atoms with Crippen molar-refractivity contribution in [1.82, 2.24) is 4.98 Å². The van der Waals surface area contributed by atoms with Crippen molar-refractivity contribution in [2.24, 2.45) is 5.73 Å². The van der Waals surface area contributed by atoms with Gasteiger partial charge in [-0.3, -0.25) is 4.79 Å². The molecule has 0 saturated heterocycles. The number of halogens is 2. The van der Waals surface area contributed by atoms with Crippen molar-refractivity contribution in [3.8, 4) is 0 Å². The maximum atomic E-state index is 13.8. The molecule has 19 heavy (non-hydrogen) atoms. The number of nitrogens with two attached hydrogens (primary N) is 1. The van der Waals surface area contributed by atoms with Crippen LogP contribution in [0.3, 0.4) is 0 Å². The van der Waals surface area contributed by atoms with Gasteiger partial charge in [0.05, 0.1) is 5.02 Å². The van der Waals surface area contributed by atoms with E-state index in [1.807, 2.05) is 0 Å². The molecule has 0 saturated carbocycles. The minimum atomic E-state index is -0.530. The highest BCUT2D eigenvalue weighted by Crippen LogP contribution is 2.34. The highest BCUT2D eigenvalue weighted by Gasteiger charge is 2.14. The Morgan fingerprint density at radius 3 is 2.89 bits per heavy atom. The molecule has 0 bridgehead atoms. The second-order valence-corrected chi connectivity index (χ2v) is 5.10. The summed E-state index contributed by atoms with van der Waals surface area (Å²) in [4.78, 5) is 15.6. The predicted molar refractivity (Wildman–Crippen MR) is 73.0 cm³/mol. The molecule has 6 heteroatoms. The zero-order valence-electron chi connectivity index (χ0n) is 9.77. The molecule has 0 atom stereocenters. The van der Waals surface area contributed by atoms with Crippen LogP contribution in [0.4, 0.5) is 4.39 Å². The fourth-order valence-electron chi connectivity index (χ4n) is 1.54. The largest absolute Gasteiger partial charge is 0.326 e. The molecule has 0 aliphatic rings. The Hall–Kier alpha value is -1.43. The normalized spacial score (nSPS) is 10.5. The SMILES string of the molecule is NCc1c(Sc2ncccc2C=O)ccc(Cl)c1F. The Kier molecular flexibility index (Phi) is 4.52. The molecule has 1 aromatic carbocycles. The highest BCUT2D eigenvalue weighted by molar-refractivity contribution is 7.99. The van der Waals surface area contributed by atoms with Crippen LogP contribution in [-0.4, -0.2) is 11.3 Å². The minimum Gasteiger partial charge on any atom is -0.326 e. The summed E-state index contributed by atoms with van der Waals surface area (Å²) in [6.07, 6.45) is 2.29. The summed E-state index contributed by atoms with van der Waals surface area (Å²) < 4.78 is 13.8. The van der Waals surface area contributed by atoms with Crippen LogP contribution in [0.5, 0.6) is 0 Å². The van der Waals surface area contributed by atoms with Crippen molar-refractivity contribution >= 4 is 29.6 Å². The van der Waals surface area contributed by atoms with E-state index in [1.54, 1.807) is 24.4 Å². The molecule has 0 aliphatic heterocycles. The molecule has 0 spiro atoms. The van der Waals surface area contributed by atoms with E-state index in [1.165, 1.54) is 17.8 Å². The monoisotopic (exact) mass is 296 g/mol. The number of hydrogen-bond acceptors (Lipinski definition) is 4. The summed E-state index contributed by atoms with van der Waals surface area (Å²) >= 11 is 6.91. The molecule has 0 radical (unpaired) electrons. The number of nitrogens with zero attached hydrogens (tertiary/aromatic N) is 1. The van der Waals surface area contributed by atoms with E-state index in [0.29, 0.717) is 27.3 Å². The maximum absolute atomic E-state index is 13.8. The van der Waals surface area contributed by atoms with Gasteiger partial charge in [-0.15, -0.1) is 0 Å². The number of aldehydes is 1. The maximum Gasteiger partial charge on any atom is 0.152 e. The lowest BCUT2D eigenvalue weighted by Crippen LogP contribution is -2.03. The topological polar surface area (TPSA) is 56.0 Å². The molecule has 0 fully saturated rings. The third-order valence-electron chi connectivity index (χ3n) is 2.49. The van der Waals surface area contributed by atoms with Crippen LogP contribution in [-0.2, 0) is 6.54 Å². The Morgan fingerprint density at radius 1 is 1.42 bits per heavy atom. The lowest BCUT2D eigenvalue weighted by molar-refractivity contribution is 0.112. The quantitative estimate of drug-likeness (QED) is 0.880. The van der Waals surface area contributed by atoms with Crippen LogP contribution in [0.1, 0.15) is 15.9 Å². The average molecular weight is 297 g/mol. The van der Waals surface area contributed by atoms with Crippen LogP contribution in [0.15, 0.2) is 40.4 Å². The van der Waals surface area contributed by atoms with Crippen LogP contribution in [0, 0.1) is 5.82 Å². The third-order valence-corrected chi connectivity index (χ3v) is 3.92. The van der Waals surface area contributed by atoms with Crippen LogP contribution >= 0.6 is 23.4 Å². The first-order valence-corrected chi connectivity index (χ1v) is 6.61. The first kappa shape index (κ1) is 14.0. The van der Waals surface area contributed by atoms with Gasteiger partial charge in [-0.1, -0.05) is 23.4 Å². The Labute approximate surface area is 119 Å². The molecule has 0 unspecified atom stereocenters. The predicted octanol–water partition coefficient (Wildman–Crippen LogP) is 3.30. The molecule has 2 rings (SSSR count). The summed E-state index contributed by atoms with van der Waals surface area (Å²) in [6, 6.07) is 6.44. The number of benzene rings is 1. The van der Waals surface area contributed by atoms with Crippen molar-refractivity contribution < 1.29 is 9.18 Å². The van der Waals surface area contributed by atoms with Gasteiger partial charge in [0, 0.05) is 28.8 Å². The summed E-state index contributed by atoms with van der Waals surface area (Å²) in [5, 5.41) is 0.537. The van der Waals surface area contributed by atoms with Gasteiger partial charge in [-0.2, -0.15) is 0 Å². The molecular weight excluding hydrogens is 287 g/mol. The molecule has 2 N–H and O–H groups in total. The van der Waals surface area contributed by atoms with Crippen LogP contribution in [0.25, 0.3) is 0 Å². The number of pyridine rings is 1. The second kappa shape index (κ2) is 6.14. The van der Waals surface area contributed by atoms with Gasteiger partial charge >= 0.3 is 0 Å². The van der Waals surface area contributed by atoms with Gasteiger partial charge in [0.15, 0.2) is 6.29 Å². The second-order valence-electron chi connectivity index (χ2n) is 3.66. The number of rotatable bonds is 4. The summed E-state index contributed by atoms with van der Waals surface area (Å²) in [6.45, 7) is 0.0258. The van der Waals surface area contributed by atoms with Crippen LogP contribution in [0.2, 0.25) is 5.02 Å². The molecule has 2 aromatic rings. The van der Waals surface area contributed by atoms with Gasteiger partial charge in [0.1, 0.15) is 10.8 Å². The lowest BCUT2D eigenvalue weighted by atomic mass is 10.2. The molecule has 98 valence electrons. The number of carbonyl (C=O) groups excluding carboxylic acids is 1. The molecular formula is C13H10ClFN2OS. The van der Waals surface area contributed by atoms with Gasteiger partial charge in [0.25, 0.3) is 0 Å². The van der Waals surface area contributed by atoms with Crippen molar-refractivity contribution in [1.29, 1.82) is 0 Å². The first-order valence-electron chi connectivity index (χ1n) is 5.42. The van der Waals surface area contributed by atoms with Gasteiger partial charge in [0.2, 0.25) is 0 Å². The van der Waals surface area contributed by atoms with Crippen molar-refractivity contribution in [3.05, 3.63) is 52.4 Å². The zero-order valence-corrected chi connectivity index (χ0v) is 11.3. The molecule has 0 aliphatic carbocycles. The molecule has 3 nitrogen and oxygen atoms in total. The summed E-state index contributed by atoms with van der Waals surface area (Å²) in [7, 11) is 0. The smallest absolute Gasteiger partial charge is 0.152 e. The van der Waals surface area contributed by atoms with Crippen molar-refractivity contribution in [2.45, 2.75) is 16.5 Å². The van der Waals surface area contributed by atoms with E-state index in [9.17, 15) is 9.18 Å². The van der Waals surface area contributed by atoms with Gasteiger partial charge in [-0.05, 0) is 24.3 Å². The first-order chi connectivity index (χ1) is 9.17. The number of hydrogen-bond donors (Lipinski definition) is 1. The number of aromatic nitrogens is 1. The number of carbonyl (C=O) groups is 1. The zero-order chi connectivity index (χ0) is 13.8. The van der Waals surface area contributed by atoms with Crippen LogP contribution < -0.4 is 5.73 Å². The fourth-order valence-corrected chi connectivity index (χ4v) is 2.71. The van der Waals surface area contributed by atoms with Crippen molar-refractivity contribution in [3.63, 3.8) is 0 Å². The molecule has 1 heterocycles. The van der Waals surface area contributed by atoms with E-state index >= 15 is 0 Å². The Morgan fingerprint density at radius 2 is 2.21 bits per heavy atom. The summed E-state index contributed by atoms with van der Waals surface area (Å²) in [5.74, 6) is -0.530. The highest BCUT2D eigenvalue weighted by atomic mass is 35.5. The van der Waals surface area contributed by atoms with E-state index in [4.69, 9.17) is 17.3 Å². The molecule has 1 aromatic heterocycles. The van der Waals surface area contributed by atoms with E-state index < -0.39 is 5.82 Å². The fraction of sp³-hybridized carbons (Fsp3) is 0.0769. The summed E-state index contributed by atoms with van der Waals surface area (Å²) in [5.41, 5.74) is 6.31. The third kappa shape index (κ3) is 2.94. The molecule has 0 amide bonds. The van der Waals surface area contributed by atoms with E-state index in [-0.39, 0.29) is 11.6 Å². The Bertz CT molecular complexity index is 622. The van der Waals surface area contributed by atoms with Gasteiger partial charge in [-0.25, -0.2) is 9.37 Å². The van der Waals surface area contributed by atoms with Crippen molar-refractivity contribution in [2.75, 3.05) is 0 Å². The average Bonchev–Trinajstić information content (AvgIpc) is 2.44. The van der Waals surface area contributed by atoms with Gasteiger partial charge < -0.3 is 5.73 Å².